The van der Waals surface area contributed by atoms with E-state index in [0.29, 0.717) is 0 Å². The van der Waals surface area contributed by atoms with Crippen molar-refractivity contribution < 1.29 is 14.6 Å². The molecule has 0 saturated heterocycles. The molecule has 0 bridgehead atoms. The van der Waals surface area contributed by atoms with Crippen molar-refractivity contribution in [2.75, 3.05) is 14.2 Å². The molecule has 0 amide bonds. The molecule has 1 N–H and O–H groups in total. The zero-order valence-corrected chi connectivity index (χ0v) is 13.2. The number of rotatable bonds is 4. The number of hydrogen-bond donors (Lipinski definition) is 1. The van der Waals surface area contributed by atoms with Crippen LogP contribution < -0.4 is 9.47 Å². The molecule has 0 fully saturated rings. The molecule has 2 rings (SSSR count). The molecule has 3 heteroatoms. The van der Waals surface area contributed by atoms with Gasteiger partial charge in [0.1, 0.15) is 17.1 Å². The maximum Gasteiger partial charge on any atom is 0.128 e. The highest BCUT2D eigenvalue weighted by atomic mass is 16.5. The molecule has 1 unspecified atom stereocenters. The van der Waals surface area contributed by atoms with Crippen molar-refractivity contribution in [1.82, 2.24) is 0 Å². The minimum absolute atomic E-state index is 0.718. The summed E-state index contributed by atoms with van der Waals surface area (Å²) < 4.78 is 10.8. The third-order valence-electron chi connectivity index (χ3n) is 4.04. The average molecular weight is 286 g/mol. The minimum atomic E-state index is -1.15. The highest BCUT2D eigenvalue weighted by molar-refractivity contribution is 5.51. The van der Waals surface area contributed by atoms with Gasteiger partial charge in [-0.3, -0.25) is 0 Å². The first-order chi connectivity index (χ1) is 9.91. The van der Waals surface area contributed by atoms with Crippen LogP contribution in [-0.2, 0) is 5.60 Å². The molecule has 0 aromatic heterocycles. The first-order valence-corrected chi connectivity index (χ1v) is 6.93. The second kappa shape index (κ2) is 5.78. The molecule has 0 heterocycles. The second-order valence-corrected chi connectivity index (χ2v) is 5.39. The van der Waals surface area contributed by atoms with Crippen molar-refractivity contribution in [2.24, 2.45) is 0 Å². The van der Waals surface area contributed by atoms with Gasteiger partial charge in [0, 0.05) is 5.56 Å². The third kappa shape index (κ3) is 2.74. The lowest BCUT2D eigenvalue weighted by Gasteiger charge is -2.28. The molecule has 0 aliphatic carbocycles. The van der Waals surface area contributed by atoms with Gasteiger partial charge in [0.2, 0.25) is 0 Å². The molecule has 112 valence electrons. The van der Waals surface area contributed by atoms with E-state index in [4.69, 9.17) is 9.47 Å². The summed E-state index contributed by atoms with van der Waals surface area (Å²) in [7, 11) is 3.25. The van der Waals surface area contributed by atoms with Gasteiger partial charge in [0.15, 0.2) is 0 Å². The molecule has 0 spiro atoms. The third-order valence-corrected chi connectivity index (χ3v) is 4.04. The Morgan fingerprint density at radius 2 is 1.71 bits per heavy atom. The van der Waals surface area contributed by atoms with Gasteiger partial charge in [-0.05, 0) is 49.6 Å². The largest absolute Gasteiger partial charge is 0.497 e. The summed E-state index contributed by atoms with van der Waals surface area (Å²) in [6.45, 7) is 5.80. The van der Waals surface area contributed by atoms with Gasteiger partial charge >= 0.3 is 0 Å². The van der Waals surface area contributed by atoms with E-state index in [9.17, 15) is 5.11 Å². The lowest BCUT2D eigenvalue weighted by molar-refractivity contribution is 0.0985. The van der Waals surface area contributed by atoms with Gasteiger partial charge in [-0.2, -0.15) is 0 Å². The number of aliphatic hydroxyl groups is 1. The van der Waals surface area contributed by atoms with E-state index in [2.05, 4.69) is 0 Å². The highest BCUT2D eigenvalue weighted by Crippen LogP contribution is 2.39. The van der Waals surface area contributed by atoms with Crippen molar-refractivity contribution in [1.29, 1.82) is 0 Å². The van der Waals surface area contributed by atoms with E-state index in [1.165, 1.54) is 0 Å². The van der Waals surface area contributed by atoms with Gasteiger partial charge in [0.25, 0.3) is 0 Å². The van der Waals surface area contributed by atoms with E-state index in [-0.39, 0.29) is 0 Å². The Kier molecular flexibility index (Phi) is 4.24. The van der Waals surface area contributed by atoms with Crippen molar-refractivity contribution in [3.63, 3.8) is 0 Å². The van der Waals surface area contributed by atoms with Gasteiger partial charge in [-0.15, -0.1) is 0 Å². The maximum absolute atomic E-state index is 11.1. The van der Waals surface area contributed by atoms with Gasteiger partial charge < -0.3 is 14.6 Å². The van der Waals surface area contributed by atoms with Gasteiger partial charge in [0.05, 0.1) is 14.2 Å². The number of methoxy groups -OCH3 is 2. The molecular formula is C18H22O3. The quantitative estimate of drug-likeness (QED) is 0.933. The Labute approximate surface area is 126 Å². The zero-order valence-electron chi connectivity index (χ0n) is 13.2. The fraction of sp³-hybridized carbons (Fsp3) is 0.333. The Bertz CT molecular complexity index is 645. The lowest BCUT2D eigenvalue weighted by atomic mass is 9.85. The first kappa shape index (κ1) is 15.4. The molecule has 2 aromatic rings. The molecule has 0 aliphatic rings. The summed E-state index contributed by atoms with van der Waals surface area (Å²) in [6, 6.07) is 11.4. The van der Waals surface area contributed by atoms with E-state index >= 15 is 0 Å². The number of aryl methyl sites for hydroxylation is 1. The predicted molar refractivity (Wildman–Crippen MR) is 84.1 cm³/mol. The molecule has 3 nitrogen and oxygen atoms in total. The maximum atomic E-state index is 11.1. The Hall–Kier alpha value is -2.00. The van der Waals surface area contributed by atoms with Crippen LogP contribution in [0.15, 0.2) is 36.4 Å². The van der Waals surface area contributed by atoms with Gasteiger partial charge in [-0.1, -0.05) is 24.3 Å². The fourth-order valence-electron chi connectivity index (χ4n) is 2.52. The van der Waals surface area contributed by atoms with Crippen LogP contribution in [0.2, 0.25) is 0 Å². The van der Waals surface area contributed by atoms with Crippen LogP contribution in [0.25, 0.3) is 0 Å². The zero-order chi connectivity index (χ0) is 15.6. The highest BCUT2D eigenvalue weighted by Gasteiger charge is 2.30. The number of ether oxygens (including phenoxy) is 2. The average Bonchev–Trinajstić information content (AvgIpc) is 2.49. The van der Waals surface area contributed by atoms with Gasteiger partial charge in [-0.25, -0.2) is 0 Å². The topological polar surface area (TPSA) is 38.7 Å². The minimum Gasteiger partial charge on any atom is -0.497 e. The fourth-order valence-corrected chi connectivity index (χ4v) is 2.52. The normalized spacial score (nSPS) is 13.6. The lowest BCUT2D eigenvalue weighted by Crippen LogP contribution is -2.24. The van der Waals surface area contributed by atoms with Crippen LogP contribution in [0.5, 0.6) is 11.5 Å². The first-order valence-electron chi connectivity index (χ1n) is 6.93. The molecule has 0 saturated carbocycles. The molecule has 0 radical (unpaired) electrons. The molecule has 21 heavy (non-hydrogen) atoms. The Morgan fingerprint density at radius 3 is 2.33 bits per heavy atom. The van der Waals surface area contributed by atoms with E-state index in [0.717, 1.165) is 33.8 Å². The summed E-state index contributed by atoms with van der Waals surface area (Å²) >= 11 is 0. The Morgan fingerprint density at radius 1 is 1.00 bits per heavy atom. The summed E-state index contributed by atoms with van der Waals surface area (Å²) in [5.41, 5.74) is 2.54. The van der Waals surface area contributed by atoms with Crippen LogP contribution in [0, 0.1) is 13.8 Å². The van der Waals surface area contributed by atoms with Crippen molar-refractivity contribution in [2.45, 2.75) is 26.4 Å². The number of benzene rings is 2. The standard InChI is InChI=1S/C18H22O3/c1-12-9-10-16(17(21-5)13(12)2)18(3,19)14-7-6-8-15(11-14)20-4/h6-11,19H,1-5H3. The molecule has 2 aromatic carbocycles. The van der Waals surface area contributed by atoms with Crippen LogP contribution in [0.4, 0.5) is 0 Å². The molecule has 0 aliphatic heterocycles. The van der Waals surface area contributed by atoms with Crippen molar-refractivity contribution in [3.05, 3.63) is 58.7 Å². The van der Waals surface area contributed by atoms with Crippen molar-refractivity contribution in [3.8, 4) is 11.5 Å². The van der Waals surface area contributed by atoms with Crippen LogP contribution >= 0.6 is 0 Å². The summed E-state index contributed by atoms with van der Waals surface area (Å²) in [6.07, 6.45) is 0. The van der Waals surface area contributed by atoms with Crippen LogP contribution in [0.1, 0.15) is 29.2 Å². The summed E-state index contributed by atoms with van der Waals surface area (Å²) in [5, 5.41) is 11.1. The molecular weight excluding hydrogens is 264 g/mol. The van der Waals surface area contributed by atoms with Crippen LogP contribution in [0.3, 0.4) is 0 Å². The second-order valence-electron chi connectivity index (χ2n) is 5.39. The molecule has 1 atom stereocenters. The van der Waals surface area contributed by atoms with E-state index in [1.54, 1.807) is 21.1 Å². The van der Waals surface area contributed by atoms with E-state index < -0.39 is 5.60 Å². The van der Waals surface area contributed by atoms with E-state index in [1.807, 2.05) is 50.2 Å². The number of hydrogen-bond acceptors (Lipinski definition) is 3. The van der Waals surface area contributed by atoms with Crippen molar-refractivity contribution >= 4 is 0 Å². The summed E-state index contributed by atoms with van der Waals surface area (Å²) in [5.74, 6) is 1.44. The Balaban J connectivity index is 2.60. The smallest absolute Gasteiger partial charge is 0.128 e. The SMILES string of the molecule is COc1cccc(C(C)(O)c2ccc(C)c(C)c2OC)c1. The monoisotopic (exact) mass is 286 g/mol. The summed E-state index contributed by atoms with van der Waals surface area (Å²) in [4.78, 5) is 0. The predicted octanol–water partition coefficient (Wildman–Crippen LogP) is 3.58. The van der Waals surface area contributed by atoms with Crippen LogP contribution in [-0.4, -0.2) is 19.3 Å².